The van der Waals surface area contributed by atoms with E-state index in [-0.39, 0.29) is 11.0 Å². The van der Waals surface area contributed by atoms with Crippen LogP contribution in [0.25, 0.3) is 0 Å². The third kappa shape index (κ3) is 2.83. The average molecular weight is 318 g/mol. The Morgan fingerprint density at radius 2 is 2.18 bits per heavy atom. The zero-order chi connectivity index (χ0) is 12.4. The van der Waals surface area contributed by atoms with E-state index in [2.05, 4.69) is 31.2 Å². The Bertz CT molecular complexity index is 541. The second-order valence-electron chi connectivity index (χ2n) is 3.17. The van der Waals surface area contributed by atoms with Gasteiger partial charge in [0.15, 0.2) is 0 Å². The van der Waals surface area contributed by atoms with Crippen LogP contribution in [0.5, 0.6) is 0 Å². The van der Waals surface area contributed by atoms with Gasteiger partial charge >= 0.3 is 0 Å². The molecule has 0 aliphatic carbocycles. The third-order valence-corrected chi connectivity index (χ3v) is 2.86. The van der Waals surface area contributed by atoms with E-state index in [1.54, 1.807) is 6.07 Å². The van der Waals surface area contributed by atoms with Gasteiger partial charge < -0.3 is 11.1 Å². The van der Waals surface area contributed by atoms with E-state index < -0.39 is 5.82 Å². The molecule has 1 aromatic carbocycles. The molecule has 0 saturated heterocycles. The standard InChI is InChI=1S/C10H7BrClFN4/c11-6-3-5(13)4-7(12)9(6)16-8-1-2-15-10(14)17-8/h1-4H,(H3,14,15,16,17). The first-order valence-electron chi connectivity index (χ1n) is 4.56. The Hall–Kier alpha value is -1.40. The molecule has 0 atom stereocenters. The van der Waals surface area contributed by atoms with Crippen LogP contribution in [0.15, 0.2) is 28.9 Å². The molecule has 88 valence electrons. The highest BCUT2D eigenvalue weighted by Gasteiger charge is 2.09. The van der Waals surface area contributed by atoms with Crippen LogP contribution in [0.1, 0.15) is 0 Å². The van der Waals surface area contributed by atoms with Crippen LogP contribution in [0, 0.1) is 5.82 Å². The summed E-state index contributed by atoms with van der Waals surface area (Å²) in [5, 5.41) is 3.18. The summed E-state index contributed by atoms with van der Waals surface area (Å²) in [7, 11) is 0. The number of nitrogens with two attached hydrogens (primary N) is 1. The van der Waals surface area contributed by atoms with Crippen molar-refractivity contribution >= 4 is 45.0 Å². The average Bonchev–Trinajstić information content (AvgIpc) is 2.23. The van der Waals surface area contributed by atoms with Gasteiger partial charge in [0.1, 0.15) is 11.6 Å². The van der Waals surface area contributed by atoms with Crippen molar-refractivity contribution in [2.24, 2.45) is 0 Å². The van der Waals surface area contributed by atoms with E-state index in [1.165, 1.54) is 18.3 Å². The maximum Gasteiger partial charge on any atom is 0.221 e. The number of benzene rings is 1. The lowest BCUT2D eigenvalue weighted by molar-refractivity contribution is 0.627. The molecule has 0 radical (unpaired) electrons. The second kappa shape index (κ2) is 4.85. The van der Waals surface area contributed by atoms with Gasteiger partial charge in [0.05, 0.1) is 10.7 Å². The first-order chi connectivity index (χ1) is 8.06. The maximum absolute atomic E-state index is 13.0. The number of halogens is 3. The van der Waals surface area contributed by atoms with Crippen molar-refractivity contribution in [3.8, 4) is 0 Å². The lowest BCUT2D eigenvalue weighted by Crippen LogP contribution is -2.00. The highest BCUT2D eigenvalue weighted by atomic mass is 79.9. The van der Waals surface area contributed by atoms with E-state index in [0.29, 0.717) is 16.0 Å². The lowest BCUT2D eigenvalue weighted by Gasteiger charge is -2.10. The minimum absolute atomic E-state index is 0.143. The smallest absolute Gasteiger partial charge is 0.221 e. The Morgan fingerprint density at radius 3 is 2.82 bits per heavy atom. The topological polar surface area (TPSA) is 63.8 Å². The zero-order valence-electron chi connectivity index (χ0n) is 8.42. The molecule has 17 heavy (non-hydrogen) atoms. The third-order valence-electron chi connectivity index (χ3n) is 1.93. The molecule has 0 aliphatic heterocycles. The number of rotatable bonds is 2. The SMILES string of the molecule is Nc1nccc(Nc2c(Cl)cc(F)cc2Br)n1. The Labute approximate surface area is 110 Å². The highest BCUT2D eigenvalue weighted by Crippen LogP contribution is 2.33. The molecule has 1 aromatic heterocycles. The van der Waals surface area contributed by atoms with Crippen LogP contribution in [-0.4, -0.2) is 9.97 Å². The molecule has 3 N–H and O–H groups in total. The van der Waals surface area contributed by atoms with Gasteiger partial charge in [-0.2, -0.15) is 4.98 Å². The summed E-state index contributed by atoms with van der Waals surface area (Å²) in [6.45, 7) is 0. The molecule has 1 heterocycles. The van der Waals surface area contributed by atoms with Crippen molar-refractivity contribution < 1.29 is 4.39 Å². The number of hydrogen-bond acceptors (Lipinski definition) is 4. The summed E-state index contributed by atoms with van der Waals surface area (Å²) in [5.74, 6) is 0.200. The summed E-state index contributed by atoms with van der Waals surface area (Å²) >= 11 is 9.13. The first kappa shape index (κ1) is 12.1. The van der Waals surface area contributed by atoms with Gasteiger partial charge in [-0.05, 0) is 34.1 Å². The summed E-state index contributed by atoms with van der Waals surface area (Å²) < 4.78 is 13.5. The minimum atomic E-state index is -0.422. The van der Waals surface area contributed by atoms with Crippen molar-refractivity contribution in [3.63, 3.8) is 0 Å². The van der Waals surface area contributed by atoms with E-state index in [9.17, 15) is 4.39 Å². The highest BCUT2D eigenvalue weighted by molar-refractivity contribution is 9.10. The zero-order valence-corrected chi connectivity index (χ0v) is 10.8. The molecule has 0 aliphatic rings. The van der Waals surface area contributed by atoms with Gasteiger partial charge in [-0.15, -0.1) is 0 Å². The number of hydrogen-bond donors (Lipinski definition) is 2. The fourth-order valence-corrected chi connectivity index (χ4v) is 2.13. The van der Waals surface area contributed by atoms with E-state index in [1.807, 2.05) is 0 Å². The monoisotopic (exact) mass is 316 g/mol. The van der Waals surface area contributed by atoms with Crippen molar-refractivity contribution in [2.75, 3.05) is 11.1 Å². The Balaban J connectivity index is 2.36. The van der Waals surface area contributed by atoms with Crippen molar-refractivity contribution in [3.05, 3.63) is 39.7 Å². The number of anilines is 3. The number of nitrogens with zero attached hydrogens (tertiary/aromatic N) is 2. The van der Waals surface area contributed by atoms with Crippen LogP contribution < -0.4 is 11.1 Å². The molecule has 0 fully saturated rings. The molecule has 0 saturated carbocycles. The molecular formula is C10H7BrClFN4. The molecule has 4 nitrogen and oxygen atoms in total. The Kier molecular flexibility index (Phi) is 3.44. The van der Waals surface area contributed by atoms with Gasteiger partial charge in [-0.25, -0.2) is 9.37 Å². The molecule has 0 bridgehead atoms. The summed E-state index contributed by atoms with van der Waals surface area (Å²) in [4.78, 5) is 7.72. The number of aromatic nitrogens is 2. The maximum atomic E-state index is 13.0. The van der Waals surface area contributed by atoms with Crippen molar-refractivity contribution in [1.29, 1.82) is 0 Å². The van der Waals surface area contributed by atoms with Gasteiger partial charge in [-0.3, -0.25) is 0 Å². The Morgan fingerprint density at radius 1 is 1.41 bits per heavy atom. The lowest BCUT2D eigenvalue weighted by atomic mass is 10.3. The van der Waals surface area contributed by atoms with Crippen LogP contribution >= 0.6 is 27.5 Å². The number of nitrogens with one attached hydrogen (secondary N) is 1. The van der Waals surface area contributed by atoms with Crippen LogP contribution in [-0.2, 0) is 0 Å². The van der Waals surface area contributed by atoms with Gasteiger partial charge in [0, 0.05) is 10.7 Å². The summed E-state index contributed by atoms with van der Waals surface area (Å²) in [5.41, 5.74) is 5.97. The molecule has 0 amide bonds. The predicted octanol–water partition coefficient (Wildman–Crippen LogP) is 3.36. The molecular weight excluding hydrogens is 310 g/mol. The van der Waals surface area contributed by atoms with Crippen LogP contribution in [0.4, 0.5) is 21.8 Å². The normalized spacial score (nSPS) is 10.3. The number of nitrogen functional groups attached to an aromatic ring is 1. The fraction of sp³-hybridized carbons (Fsp3) is 0. The van der Waals surface area contributed by atoms with E-state index in [4.69, 9.17) is 17.3 Å². The van der Waals surface area contributed by atoms with Crippen molar-refractivity contribution in [2.45, 2.75) is 0 Å². The van der Waals surface area contributed by atoms with Gasteiger partial charge in [0.2, 0.25) is 5.95 Å². The van der Waals surface area contributed by atoms with Crippen molar-refractivity contribution in [1.82, 2.24) is 9.97 Å². The van der Waals surface area contributed by atoms with Gasteiger partial charge in [0.25, 0.3) is 0 Å². The second-order valence-corrected chi connectivity index (χ2v) is 4.43. The molecule has 7 heteroatoms. The summed E-state index contributed by atoms with van der Waals surface area (Å²) in [6.07, 6.45) is 1.51. The molecule has 0 spiro atoms. The van der Waals surface area contributed by atoms with Crippen LogP contribution in [0.3, 0.4) is 0 Å². The molecule has 0 unspecified atom stereocenters. The van der Waals surface area contributed by atoms with E-state index in [0.717, 1.165) is 0 Å². The van der Waals surface area contributed by atoms with Gasteiger partial charge in [-0.1, -0.05) is 11.6 Å². The fourth-order valence-electron chi connectivity index (χ4n) is 1.23. The summed E-state index contributed by atoms with van der Waals surface area (Å²) in [6, 6.07) is 4.14. The van der Waals surface area contributed by atoms with E-state index >= 15 is 0 Å². The molecule has 2 rings (SSSR count). The molecule has 2 aromatic rings. The van der Waals surface area contributed by atoms with Crippen LogP contribution in [0.2, 0.25) is 5.02 Å². The predicted molar refractivity (Wildman–Crippen MR) is 68.8 cm³/mol. The first-order valence-corrected chi connectivity index (χ1v) is 5.73. The quantitative estimate of drug-likeness (QED) is 0.891. The largest absolute Gasteiger partial charge is 0.368 e. The minimum Gasteiger partial charge on any atom is -0.368 e.